The van der Waals surface area contributed by atoms with Gasteiger partial charge in [0.05, 0.1) is 5.56 Å². The first kappa shape index (κ1) is 9.75. The first-order chi connectivity index (χ1) is 6.48. The average molecular weight is 312 g/mol. The smallest absolute Gasteiger partial charge is 0.305 e. The number of fused-ring (bicyclic) bond motifs is 1. The van der Waals surface area contributed by atoms with Crippen LogP contribution in [0.3, 0.4) is 0 Å². The van der Waals surface area contributed by atoms with Crippen LogP contribution in [0, 0.1) is 3.70 Å². The van der Waals surface area contributed by atoms with E-state index in [1.807, 2.05) is 22.6 Å². The SMILES string of the molecule is FC(F)(F)c1cccn2cc(I)nc12. The molecule has 0 aliphatic heterocycles. The van der Waals surface area contributed by atoms with Crippen molar-refractivity contribution in [1.29, 1.82) is 0 Å². The lowest BCUT2D eigenvalue weighted by molar-refractivity contribution is -0.136. The van der Waals surface area contributed by atoms with Crippen molar-refractivity contribution < 1.29 is 13.2 Å². The first-order valence-corrected chi connectivity index (χ1v) is 4.77. The molecule has 2 aromatic rings. The van der Waals surface area contributed by atoms with Crippen molar-refractivity contribution in [1.82, 2.24) is 9.38 Å². The van der Waals surface area contributed by atoms with E-state index in [0.717, 1.165) is 6.07 Å². The summed E-state index contributed by atoms with van der Waals surface area (Å²) < 4.78 is 39.3. The number of halogens is 4. The lowest BCUT2D eigenvalue weighted by Crippen LogP contribution is -2.07. The highest BCUT2D eigenvalue weighted by atomic mass is 127. The number of rotatable bonds is 0. The molecule has 14 heavy (non-hydrogen) atoms. The van der Waals surface area contributed by atoms with E-state index < -0.39 is 11.7 Å². The van der Waals surface area contributed by atoms with Gasteiger partial charge in [-0.1, -0.05) is 0 Å². The fraction of sp³-hybridized carbons (Fsp3) is 0.125. The molecule has 0 aliphatic rings. The molecule has 0 bridgehead atoms. The van der Waals surface area contributed by atoms with Crippen LogP contribution in [0.1, 0.15) is 5.56 Å². The van der Waals surface area contributed by atoms with E-state index >= 15 is 0 Å². The molecule has 0 atom stereocenters. The molecule has 74 valence electrons. The van der Waals surface area contributed by atoms with Gasteiger partial charge in [-0.25, -0.2) is 4.98 Å². The Labute approximate surface area is 90.9 Å². The van der Waals surface area contributed by atoms with Crippen molar-refractivity contribution in [3.63, 3.8) is 0 Å². The van der Waals surface area contributed by atoms with E-state index in [-0.39, 0.29) is 5.65 Å². The molecule has 0 fully saturated rings. The Morgan fingerprint density at radius 2 is 2.07 bits per heavy atom. The summed E-state index contributed by atoms with van der Waals surface area (Å²) in [5.41, 5.74) is -0.757. The number of imidazole rings is 1. The number of hydrogen-bond donors (Lipinski definition) is 0. The second kappa shape index (κ2) is 3.11. The van der Waals surface area contributed by atoms with Gasteiger partial charge in [0.1, 0.15) is 9.35 Å². The molecule has 0 aromatic carbocycles. The summed E-state index contributed by atoms with van der Waals surface area (Å²) >= 11 is 1.88. The number of pyridine rings is 1. The van der Waals surface area contributed by atoms with E-state index in [0.29, 0.717) is 3.70 Å². The summed E-state index contributed by atoms with van der Waals surface area (Å²) in [6, 6.07) is 2.38. The third-order valence-electron chi connectivity index (χ3n) is 1.76. The fourth-order valence-corrected chi connectivity index (χ4v) is 1.73. The van der Waals surface area contributed by atoms with Crippen LogP contribution in [0.2, 0.25) is 0 Å². The van der Waals surface area contributed by atoms with Crippen LogP contribution >= 0.6 is 22.6 Å². The fourth-order valence-electron chi connectivity index (χ4n) is 1.20. The van der Waals surface area contributed by atoms with E-state index in [1.54, 1.807) is 12.4 Å². The predicted octanol–water partition coefficient (Wildman–Crippen LogP) is 2.96. The van der Waals surface area contributed by atoms with Gasteiger partial charge in [-0.3, -0.25) is 0 Å². The minimum absolute atomic E-state index is 0.0515. The highest BCUT2D eigenvalue weighted by Crippen LogP contribution is 2.31. The Morgan fingerprint density at radius 3 is 2.71 bits per heavy atom. The molecule has 0 unspecified atom stereocenters. The molecule has 2 nitrogen and oxygen atoms in total. The van der Waals surface area contributed by atoms with Crippen LogP contribution in [0.25, 0.3) is 5.65 Å². The van der Waals surface area contributed by atoms with Gasteiger partial charge in [0, 0.05) is 12.4 Å². The zero-order valence-corrected chi connectivity index (χ0v) is 8.87. The molecule has 0 saturated carbocycles. The molecular formula is C8H4F3IN2. The van der Waals surface area contributed by atoms with E-state index in [4.69, 9.17) is 0 Å². The van der Waals surface area contributed by atoms with Crippen molar-refractivity contribution in [2.45, 2.75) is 6.18 Å². The molecule has 2 rings (SSSR count). The largest absolute Gasteiger partial charge is 0.419 e. The van der Waals surface area contributed by atoms with Crippen LogP contribution in [-0.2, 0) is 6.18 Å². The van der Waals surface area contributed by atoms with Gasteiger partial charge in [-0.15, -0.1) is 0 Å². The normalized spacial score (nSPS) is 12.3. The van der Waals surface area contributed by atoms with Gasteiger partial charge in [-0.2, -0.15) is 13.2 Å². The standard InChI is InChI=1S/C8H4F3IN2/c9-8(10,11)5-2-1-3-14-4-6(12)13-7(5)14/h1-4H. The molecule has 0 N–H and O–H groups in total. The monoisotopic (exact) mass is 312 g/mol. The lowest BCUT2D eigenvalue weighted by atomic mass is 10.2. The molecular weight excluding hydrogens is 308 g/mol. The van der Waals surface area contributed by atoms with Gasteiger partial charge in [0.15, 0.2) is 0 Å². The maximum atomic E-state index is 12.5. The van der Waals surface area contributed by atoms with Crippen LogP contribution in [0.4, 0.5) is 13.2 Å². The molecule has 0 spiro atoms. The van der Waals surface area contributed by atoms with E-state index in [9.17, 15) is 13.2 Å². The van der Waals surface area contributed by atoms with E-state index in [1.165, 1.54) is 10.5 Å². The lowest BCUT2D eigenvalue weighted by Gasteiger charge is -2.06. The minimum Gasteiger partial charge on any atom is -0.305 e. The highest BCUT2D eigenvalue weighted by Gasteiger charge is 2.33. The number of aromatic nitrogens is 2. The minimum atomic E-state index is -4.35. The molecule has 2 aromatic heterocycles. The Bertz CT molecular complexity index is 475. The number of hydrogen-bond acceptors (Lipinski definition) is 1. The zero-order valence-electron chi connectivity index (χ0n) is 6.72. The highest BCUT2D eigenvalue weighted by molar-refractivity contribution is 14.1. The Morgan fingerprint density at radius 1 is 1.36 bits per heavy atom. The third kappa shape index (κ3) is 1.58. The van der Waals surface area contributed by atoms with Crippen molar-refractivity contribution in [3.05, 3.63) is 33.8 Å². The summed E-state index contributed by atoms with van der Waals surface area (Å²) in [4.78, 5) is 3.81. The second-order valence-corrected chi connectivity index (χ2v) is 3.82. The zero-order chi connectivity index (χ0) is 10.3. The average Bonchev–Trinajstić information content (AvgIpc) is 2.41. The first-order valence-electron chi connectivity index (χ1n) is 3.69. The topological polar surface area (TPSA) is 17.3 Å². The number of nitrogens with zero attached hydrogens (tertiary/aromatic N) is 2. The van der Waals surface area contributed by atoms with Crippen molar-refractivity contribution in [2.75, 3.05) is 0 Å². The van der Waals surface area contributed by atoms with Crippen LogP contribution in [-0.4, -0.2) is 9.38 Å². The van der Waals surface area contributed by atoms with E-state index in [2.05, 4.69) is 4.98 Å². The Hall–Kier alpha value is -0.790. The number of alkyl halides is 3. The Balaban J connectivity index is 2.77. The van der Waals surface area contributed by atoms with Crippen molar-refractivity contribution in [2.24, 2.45) is 0 Å². The van der Waals surface area contributed by atoms with Crippen LogP contribution in [0.5, 0.6) is 0 Å². The van der Waals surface area contributed by atoms with Crippen LogP contribution < -0.4 is 0 Å². The van der Waals surface area contributed by atoms with Gasteiger partial charge in [0.25, 0.3) is 0 Å². The maximum Gasteiger partial charge on any atom is 0.419 e. The van der Waals surface area contributed by atoms with Gasteiger partial charge in [-0.05, 0) is 34.7 Å². The molecule has 0 radical (unpaired) electrons. The molecule has 0 saturated heterocycles. The van der Waals surface area contributed by atoms with Crippen molar-refractivity contribution >= 4 is 28.2 Å². The summed E-state index contributed by atoms with van der Waals surface area (Å²) in [6.45, 7) is 0. The molecule has 0 amide bonds. The van der Waals surface area contributed by atoms with Gasteiger partial charge < -0.3 is 4.40 Å². The Kier molecular flexibility index (Phi) is 2.17. The summed E-state index contributed by atoms with van der Waals surface area (Å²) in [5, 5.41) is 0. The third-order valence-corrected chi connectivity index (χ3v) is 2.28. The molecule has 0 aliphatic carbocycles. The van der Waals surface area contributed by atoms with Gasteiger partial charge in [0.2, 0.25) is 0 Å². The van der Waals surface area contributed by atoms with Crippen LogP contribution in [0.15, 0.2) is 24.5 Å². The second-order valence-electron chi connectivity index (χ2n) is 2.71. The predicted molar refractivity (Wildman–Crippen MR) is 52.9 cm³/mol. The summed E-state index contributed by atoms with van der Waals surface area (Å²) in [6.07, 6.45) is -1.26. The molecule has 6 heteroatoms. The molecule has 2 heterocycles. The van der Waals surface area contributed by atoms with Gasteiger partial charge >= 0.3 is 6.18 Å². The summed E-state index contributed by atoms with van der Waals surface area (Å²) in [5.74, 6) is 0. The summed E-state index contributed by atoms with van der Waals surface area (Å²) in [7, 11) is 0. The van der Waals surface area contributed by atoms with Crippen molar-refractivity contribution in [3.8, 4) is 0 Å². The quantitative estimate of drug-likeness (QED) is 0.684. The maximum absolute atomic E-state index is 12.5.